The summed E-state index contributed by atoms with van der Waals surface area (Å²) in [5.74, 6) is 0.347. The maximum Gasteiger partial charge on any atom is 0.323 e. The lowest BCUT2D eigenvalue weighted by molar-refractivity contribution is -0.0608. The number of amides is 1. The van der Waals surface area contributed by atoms with Gasteiger partial charge in [0.2, 0.25) is 0 Å². The number of aryl methyl sites for hydroxylation is 2. The molecule has 1 aliphatic heterocycles. The van der Waals surface area contributed by atoms with E-state index >= 15 is 0 Å². The lowest BCUT2D eigenvalue weighted by Gasteiger charge is -2.32. The van der Waals surface area contributed by atoms with Crippen LogP contribution in [0.1, 0.15) is 33.9 Å². The summed E-state index contributed by atoms with van der Waals surface area (Å²) in [5.41, 5.74) is 1.47. The first-order valence-corrected chi connectivity index (χ1v) is 7.74. The molecule has 3 N–H and O–H groups in total. The summed E-state index contributed by atoms with van der Waals surface area (Å²) in [6.07, 6.45) is 1.81. The Hall–Kier alpha value is -2.39. The average molecular weight is 336 g/mol. The van der Waals surface area contributed by atoms with Gasteiger partial charge < -0.3 is 29.3 Å². The summed E-state index contributed by atoms with van der Waals surface area (Å²) in [7, 11) is 0. The number of aromatic amines is 2. The SMILES string of the molecule is Cc1noc(C)c1CO[C@@H]1CCOC[C@@H]1NC(=O)c1c[nH]c(=O)[nH]1. The van der Waals surface area contributed by atoms with Crippen LogP contribution in [-0.4, -0.2) is 46.4 Å². The van der Waals surface area contributed by atoms with Gasteiger partial charge in [-0.25, -0.2) is 4.79 Å². The van der Waals surface area contributed by atoms with E-state index in [-0.39, 0.29) is 23.7 Å². The van der Waals surface area contributed by atoms with Crippen molar-refractivity contribution in [3.05, 3.63) is 39.4 Å². The van der Waals surface area contributed by atoms with Gasteiger partial charge in [-0.2, -0.15) is 0 Å². The molecule has 0 bridgehead atoms. The minimum atomic E-state index is -0.425. The van der Waals surface area contributed by atoms with Crippen molar-refractivity contribution in [2.45, 2.75) is 39.0 Å². The van der Waals surface area contributed by atoms with Crippen molar-refractivity contribution in [3.63, 3.8) is 0 Å². The second-order valence-corrected chi connectivity index (χ2v) is 5.75. The molecule has 2 aromatic rings. The third-order valence-electron chi connectivity index (χ3n) is 4.07. The van der Waals surface area contributed by atoms with Crippen LogP contribution >= 0.6 is 0 Å². The maximum atomic E-state index is 12.2. The van der Waals surface area contributed by atoms with Gasteiger partial charge in [0.15, 0.2) is 0 Å². The molecular weight excluding hydrogens is 316 g/mol. The Morgan fingerprint density at radius 2 is 2.33 bits per heavy atom. The van der Waals surface area contributed by atoms with Crippen molar-refractivity contribution in [1.29, 1.82) is 0 Å². The lowest BCUT2D eigenvalue weighted by Crippen LogP contribution is -2.50. The van der Waals surface area contributed by atoms with E-state index < -0.39 is 5.69 Å². The van der Waals surface area contributed by atoms with Crippen molar-refractivity contribution < 1.29 is 18.8 Å². The topological polar surface area (TPSA) is 122 Å². The highest BCUT2D eigenvalue weighted by molar-refractivity contribution is 5.92. The average Bonchev–Trinajstić information content (AvgIpc) is 3.13. The molecule has 3 rings (SSSR count). The van der Waals surface area contributed by atoms with Crippen LogP contribution in [0, 0.1) is 13.8 Å². The number of ether oxygens (including phenoxy) is 2. The molecule has 9 heteroatoms. The smallest absolute Gasteiger partial charge is 0.323 e. The lowest BCUT2D eigenvalue weighted by atomic mass is 10.1. The normalized spacial score (nSPS) is 20.9. The van der Waals surface area contributed by atoms with Crippen molar-refractivity contribution in [3.8, 4) is 0 Å². The molecule has 0 unspecified atom stereocenters. The third kappa shape index (κ3) is 3.57. The molecule has 1 amide bonds. The molecule has 2 aromatic heterocycles. The minimum Gasteiger partial charge on any atom is -0.379 e. The standard InChI is InChI=1S/C15H20N4O5/c1-8-10(9(2)24-19-8)6-23-13-3-4-22-7-12(13)17-14(20)11-5-16-15(21)18-11/h5,12-13H,3-4,6-7H2,1-2H3,(H,17,20)(H2,16,18,21)/t12-,13+/m0/s1. The fourth-order valence-electron chi connectivity index (χ4n) is 2.65. The summed E-state index contributed by atoms with van der Waals surface area (Å²) in [6, 6.07) is -0.301. The van der Waals surface area contributed by atoms with Gasteiger partial charge in [0.05, 0.1) is 31.1 Å². The Kier molecular flexibility index (Phi) is 4.81. The van der Waals surface area contributed by atoms with Gasteiger partial charge >= 0.3 is 5.69 Å². The zero-order valence-corrected chi connectivity index (χ0v) is 13.5. The molecule has 2 atom stereocenters. The molecule has 24 heavy (non-hydrogen) atoms. The van der Waals surface area contributed by atoms with E-state index in [4.69, 9.17) is 14.0 Å². The Morgan fingerprint density at radius 1 is 1.50 bits per heavy atom. The van der Waals surface area contributed by atoms with Gasteiger partial charge in [0, 0.05) is 18.4 Å². The Labute approximate surface area is 137 Å². The molecule has 0 spiro atoms. The maximum absolute atomic E-state index is 12.2. The second kappa shape index (κ2) is 7.02. The number of imidazole rings is 1. The number of carbonyl (C=O) groups is 1. The quantitative estimate of drug-likeness (QED) is 0.727. The highest BCUT2D eigenvalue weighted by atomic mass is 16.5. The molecule has 0 saturated carbocycles. The van der Waals surface area contributed by atoms with E-state index in [1.165, 1.54) is 6.20 Å². The molecular formula is C15H20N4O5. The van der Waals surface area contributed by atoms with Crippen LogP contribution in [0.3, 0.4) is 0 Å². The number of carbonyl (C=O) groups excluding carboxylic acids is 1. The summed E-state index contributed by atoms with van der Waals surface area (Å²) in [4.78, 5) is 28.1. The van der Waals surface area contributed by atoms with E-state index in [2.05, 4.69) is 20.4 Å². The van der Waals surface area contributed by atoms with Crippen LogP contribution in [-0.2, 0) is 16.1 Å². The second-order valence-electron chi connectivity index (χ2n) is 5.75. The molecule has 0 radical (unpaired) electrons. The van der Waals surface area contributed by atoms with E-state index in [0.717, 1.165) is 17.0 Å². The van der Waals surface area contributed by atoms with Crippen LogP contribution in [0.5, 0.6) is 0 Å². The third-order valence-corrected chi connectivity index (χ3v) is 4.07. The van der Waals surface area contributed by atoms with Crippen molar-refractivity contribution in [2.75, 3.05) is 13.2 Å². The fraction of sp³-hybridized carbons (Fsp3) is 0.533. The number of nitrogens with one attached hydrogen (secondary N) is 3. The van der Waals surface area contributed by atoms with Gasteiger partial charge in [0.25, 0.3) is 5.91 Å². The van der Waals surface area contributed by atoms with Crippen LogP contribution in [0.15, 0.2) is 15.5 Å². The highest BCUT2D eigenvalue weighted by Gasteiger charge is 2.29. The van der Waals surface area contributed by atoms with E-state index in [0.29, 0.717) is 26.2 Å². The van der Waals surface area contributed by atoms with E-state index in [1.54, 1.807) is 0 Å². The van der Waals surface area contributed by atoms with Crippen LogP contribution in [0.4, 0.5) is 0 Å². The van der Waals surface area contributed by atoms with Gasteiger partial charge in [0.1, 0.15) is 11.5 Å². The van der Waals surface area contributed by atoms with Gasteiger partial charge in [-0.3, -0.25) is 4.79 Å². The first kappa shape index (κ1) is 16.5. The monoisotopic (exact) mass is 336 g/mol. The van der Waals surface area contributed by atoms with Crippen LogP contribution in [0.25, 0.3) is 0 Å². The highest BCUT2D eigenvalue weighted by Crippen LogP contribution is 2.18. The fourth-order valence-corrected chi connectivity index (χ4v) is 2.65. The minimum absolute atomic E-state index is 0.176. The zero-order chi connectivity index (χ0) is 17.1. The Bertz CT molecular complexity index is 743. The zero-order valence-electron chi connectivity index (χ0n) is 13.5. The Balaban J connectivity index is 1.63. The van der Waals surface area contributed by atoms with E-state index in [1.807, 2.05) is 13.8 Å². The molecule has 130 valence electrons. The molecule has 3 heterocycles. The number of nitrogens with zero attached hydrogens (tertiary/aromatic N) is 1. The Morgan fingerprint density at radius 3 is 3.00 bits per heavy atom. The van der Waals surface area contributed by atoms with Crippen molar-refractivity contribution in [1.82, 2.24) is 20.4 Å². The summed E-state index contributed by atoms with van der Waals surface area (Å²) >= 11 is 0. The van der Waals surface area contributed by atoms with Crippen LogP contribution < -0.4 is 11.0 Å². The number of rotatable bonds is 5. The molecule has 1 fully saturated rings. The molecule has 0 aromatic carbocycles. The van der Waals surface area contributed by atoms with Gasteiger partial charge in [-0.15, -0.1) is 0 Å². The van der Waals surface area contributed by atoms with Crippen molar-refractivity contribution in [2.24, 2.45) is 0 Å². The molecule has 1 saturated heterocycles. The predicted octanol–water partition coefficient (Wildman–Crippen LogP) is 0.412. The summed E-state index contributed by atoms with van der Waals surface area (Å²) in [6.45, 7) is 4.98. The van der Waals surface area contributed by atoms with Gasteiger partial charge in [-0.05, 0) is 20.3 Å². The molecule has 0 aliphatic carbocycles. The van der Waals surface area contributed by atoms with E-state index in [9.17, 15) is 9.59 Å². The summed E-state index contributed by atoms with van der Waals surface area (Å²) in [5, 5.41) is 6.74. The largest absolute Gasteiger partial charge is 0.379 e. The first-order chi connectivity index (χ1) is 11.5. The predicted molar refractivity (Wildman–Crippen MR) is 82.7 cm³/mol. The molecule has 1 aliphatic rings. The first-order valence-electron chi connectivity index (χ1n) is 7.74. The number of hydrogen-bond donors (Lipinski definition) is 3. The number of H-pyrrole nitrogens is 2. The number of hydrogen-bond acceptors (Lipinski definition) is 6. The van der Waals surface area contributed by atoms with Crippen LogP contribution in [0.2, 0.25) is 0 Å². The van der Waals surface area contributed by atoms with Gasteiger partial charge in [-0.1, -0.05) is 5.16 Å². The molecule has 9 nitrogen and oxygen atoms in total. The van der Waals surface area contributed by atoms with Crippen molar-refractivity contribution >= 4 is 5.91 Å². The summed E-state index contributed by atoms with van der Waals surface area (Å²) < 4.78 is 16.5. The number of aromatic nitrogens is 3.